The number of hydrogen-bond acceptors (Lipinski definition) is 7. The average molecular weight is 525 g/mol. The molecular weight excluding hydrogens is 504 g/mol. The quantitative estimate of drug-likeness (QED) is 0.499. The Balaban J connectivity index is 1.64. The number of amides is 2. The van der Waals surface area contributed by atoms with Gasteiger partial charge in [0.25, 0.3) is 5.91 Å². The van der Waals surface area contributed by atoms with Crippen molar-refractivity contribution in [3.05, 3.63) is 76.8 Å². The van der Waals surface area contributed by atoms with Gasteiger partial charge >= 0.3 is 0 Å². The predicted octanol–water partition coefficient (Wildman–Crippen LogP) is 4.22. The number of hydroxylamine groups is 1. The summed E-state index contributed by atoms with van der Waals surface area (Å²) >= 11 is 3.36. The van der Waals surface area contributed by atoms with Crippen molar-refractivity contribution in [2.75, 3.05) is 24.2 Å². The average Bonchev–Trinajstić information content (AvgIpc) is 3.37. The molecule has 2 saturated heterocycles. The third-order valence-corrected chi connectivity index (χ3v) is 6.67. The number of para-hydroxylation sites is 3. The van der Waals surface area contributed by atoms with Gasteiger partial charge in [0.1, 0.15) is 11.7 Å². The van der Waals surface area contributed by atoms with Crippen LogP contribution in [0.1, 0.15) is 11.6 Å². The van der Waals surface area contributed by atoms with Crippen LogP contribution in [0, 0.1) is 5.92 Å². The van der Waals surface area contributed by atoms with Crippen LogP contribution < -0.4 is 19.4 Å². The van der Waals surface area contributed by atoms with E-state index in [4.69, 9.17) is 14.3 Å². The number of aromatic hydroxyl groups is 1. The van der Waals surface area contributed by atoms with Crippen LogP contribution >= 0.6 is 15.9 Å². The Morgan fingerprint density at radius 2 is 1.59 bits per heavy atom. The fraction of sp³-hybridized carbons (Fsp3) is 0.200. The summed E-state index contributed by atoms with van der Waals surface area (Å²) in [5.74, 6) is -1.11. The molecular formula is C25H21BrN2O6. The molecule has 0 radical (unpaired) electrons. The molecule has 3 aromatic carbocycles. The molecule has 0 unspecified atom stereocenters. The number of carbonyl (C=O) groups excluding carboxylic acids is 2. The number of imide groups is 1. The number of halogens is 1. The molecule has 3 aromatic rings. The van der Waals surface area contributed by atoms with Gasteiger partial charge in [0, 0.05) is 0 Å². The van der Waals surface area contributed by atoms with Crippen molar-refractivity contribution in [1.82, 2.24) is 0 Å². The second-order valence-corrected chi connectivity index (χ2v) is 8.75. The topological polar surface area (TPSA) is 88.5 Å². The number of fused-ring (bicyclic) bond motifs is 1. The Labute approximate surface area is 204 Å². The van der Waals surface area contributed by atoms with E-state index < -0.39 is 29.9 Å². The highest BCUT2D eigenvalue weighted by Crippen LogP contribution is 2.50. The third-order valence-electron chi connectivity index (χ3n) is 6.06. The number of ether oxygens (including phenoxy) is 2. The number of phenols is 1. The molecule has 2 aliphatic heterocycles. The van der Waals surface area contributed by atoms with E-state index in [2.05, 4.69) is 15.9 Å². The molecule has 0 spiro atoms. The standard InChI is InChI=1S/C25H21BrN2O6/c1-32-18-11-7-6-10-17(18)27-24(30)20-21(14-12-16(26)22(29)19(13-14)33-2)28(34-23(20)25(27)31)15-8-4-3-5-9-15/h3-13,20-21,23,29H,1-2H3/t20-,21-,23+/m0/s1. The fourth-order valence-electron chi connectivity index (χ4n) is 4.52. The van der Waals surface area contributed by atoms with Crippen molar-refractivity contribution >= 4 is 39.1 Å². The number of nitrogens with zero attached hydrogens (tertiary/aromatic N) is 2. The van der Waals surface area contributed by atoms with E-state index >= 15 is 0 Å². The summed E-state index contributed by atoms with van der Waals surface area (Å²) in [7, 11) is 2.93. The summed E-state index contributed by atoms with van der Waals surface area (Å²) in [4.78, 5) is 34.6. The van der Waals surface area contributed by atoms with Crippen molar-refractivity contribution in [2.24, 2.45) is 5.92 Å². The first kappa shape index (κ1) is 22.2. The molecule has 0 aromatic heterocycles. The number of anilines is 2. The number of methoxy groups -OCH3 is 2. The first-order valence-corrected chi connectivity index (χ1v) is 11.3. The number of phenolic OH excluding ortho intramolecular Hbond substituents is 1. The third kappa shape index (κ3) is 3.39. The summed E-state index contributed by atoms with van der Waals surface area (Å²) in [5, 5.41) is 11.9. The Morgan fingerprint density at radius 3 is 2.29 bits per heavy atom. The number of carbonyl (C=O) groups is 2. The van der Waals surface area contributed by atoms with Crippen LogP contribution in [0.4, 0.5) is 11.4 Å². The molecule has 2 fully saturated rings. The molecule has 2 amide bonds. The lowest BCUT2D eigenvalue weighted by Gasteiger charge is -2.29. The van der Waals surface area contributed by atoms with Crippen LogP contribution in [0.3, 0.4) is 0 Å². The van der Waals surface area contributed by atoms with Crippen LogP contribution in [-0.4, -0.2) is 37.2 Å². The van der Waals surface area contributed by atoms with Gasteiger partial charge in [-0.25, -0.2) is 9.96 Å². The Bertz CT molecular complexity index is 1270. The Hall–Kier alpha value is -3.56. The smallest absolute Gasteiger partial charge is 0.266 e. The minimum Gasteiger partial charge on any atom is -0.503 e. The number of benzene rings is 3. The highest BCUT2D eigenvalue weighted by molar-refractivity contribution is 9.10. The Kier molecular flexibility index (Phi) is 5.66. The van der Waals surface area contributed by atoms with E-state index in [9.17, 15) is 14.7 Å². The summed E-state index contributed by atoms with van der Waals surface area (Å²) in [6, 6.07) is 18.8. The van der Waals surface area contributed by atoms with E-state index in [1.807, 2.05) is 30.3 Å². The van der Waals surface area contributed by atoms with Crippen LogP contribution in [-0.2, 0) is 14.4 Å². The van der Waals surface area contributed by atoms with Gasteiger partial charge in [-0.1, -0.05) is 30.3 Å². The summed E-state index contributed by atoms with van der Waals surface area (Å²) < 4.78 is 11.1. The highest BCUT2D eigenvalue weighted by atomic mass is 79.9. The lowest BCUT2D eigenvalue weighted by atomic mass is 9.90. The molecule has 2 aliphatic rings. The van der Waals surface area contributed by atoms with Crippen molar-refractivity contribution in [1.29, 1.82) is 0 Å². The van der Waals surface area contributed by atoms with Crippen molar-refractivity contribution < 1.29 is 29.0 Å². The second-order valence-electron chi connectivity index (χ2n) is 7.90. The molecule has 34 heavy (non-hydrogen) atoms. The fourth-order valence-corrected chi connectivity index (χ4v) is 4.98. The Morgan fingerprint density at radius 1 is 0.912 bits per heavy atom. The normalized spacial score (nSPS) is 21.7. The first-order chi connectivity index (χ1) is 16.5. The van der Waals surface area contributed by atoms with Gasteiger partial charge in [-0.15, -0.1) is 0 Å². The highest BCUT2D eigenvalue weighted by Gasteiger charge is 2.60. The van der Waals surface area contributed by atoms with E-state index in [-0.39, 0.29) is 11.5 Å². The van der Waals surface area contributed by atoms with Crippen LogP contribution in [0.25, 0.3) is 0 Å². The summed E-state index contributed by atoms with van der Waals surface area (Å²) in [6.45, 7) is 0. The minimum absolute atomic E-state index is 0.0579. The van der Waals surface area contributed by atoms with Gasteiger partial charge in [0.15, 0.2) is 17.6 Å². The van der Waals surface area contributed by atoms with Gasteiger partial charge in [-0.2, -0.15) is 0 Å². The molecule has 0 bridgehead atoms. The molecule has 0 saturated carbocycles. The van der Waals surface area contributed by atoms with E-state index in [0.29, 0.717) is 27.2 Å². The van der Waals surface area contributed by atoms with Crippen LogP contribution in [0.2, 0.25) is 0 Å². The SMILES string of the molecule is COc1ccccc1N1C(=O)[C@@H]2[C@@H](ON(c3ccccc3)[C@H]2c2cc(Br)c(O)c(OC)c2)C1=O. The van der Waals surface area contributed by atoms with Gasteiger partial charge in [-0.05, 0) is 57.9 Å². The molecule has 3 atom stereocenters. The first-order valence-electron chi connectivity index (χ1n) is 10.5. The number of hydrogen-bond donors (Lipinski definition) is 1. The maximum absolute atomic E-state index is 13.8. The molecule has 5 rings (SSSR count). The monoisotopic (exact) mass is 524 g/mol. The van der Waals surface area contributed by atoms with Crippen molar-refractivity contribution in [3.8, 4) is 17.2 Å². The van der Waals surface area contributed by atoms with Crippen molar-refractivity contribution in [2.45, 2.75) is 12.1 Å². The zero-order valence-corrected chi connectivity index (χ0v) is 19.9. The molecule has 0 aliphatic carbocycles. The zero-order valence-electron chi connectivity index (χ0n) is 18.3. The van der Waals surface area contributed by atoms with E-state index in [1.165, 1.54) is 14.2 Å². The lowest BCUT2D eigenvalue weighted by molar-refractivity contribution is -0.126. The largest absolute Gasteiger partial charge is 0.503 e. The van der Waals surface area contributed by atoms with Gasteiger partial charge < -0.3 is 14.6 Å². The number of rotatable bonds is 5. The zero-order chi connectivity index (χ0) is 24.0. The summed E-state index contributed by atoms with van der Waals surface area (Å²) in [6.07, 6.45) is -1.03. The maximum Gasteiger partial charge on any atom is 0.266 e. The van der Waals surface area contributed by atoms with Gasteiger partial charge in [-0.3, -0.25) is 14.4 Å². The maximum atomic E-state index is 13.8. The molecule has 8 nitrogen and oxygen atoms in total. The minimum atomic E-state index is -1.03. The second kappa shape index (κ2) is 8.66. The molecule has 174 valence electrons. The lowest BCUT2D eigenvalue weighted by Crippen LogP contribution is -2.37. The predicted molar refractivity (Wildman–Crippen MR) is 128 cm³/mol. The van der Waals surface area contributed by atoms with Crippen LogP contribution in [0.5, 0.6) is 17.2 Å². The van der Waals surface area contributed by atoms with Gasteiger partial charge in [0.2, 0.25) is 5.91 Å². The van der Waals surface area contributed by atoms with Crippen molar-refractivity contribution in [3.63, 3.8) is 0 Å². The summed E-state index contributed by atoms with van der Waals surface area (Å²) in [5.41, 5.74) is 1.70. The van der Waals surface area contributed by atoms with E-state index in [1.54, 1.807) is 41.5 Å². The van der Waals surface area contributed by atoms with Gasteiger partial charge in [0.05, 0.1) is 36.1 Å². The van der Waals surface area contributed by atoms with E-state index in [0.717, 1.165) is 4.90 Å². The van der Waals surface area contributed by atoms with Crippen LogP contribution in [0.15, 0.2) is 71.2 Å². The molecule has 2 heterocycles. The molecule has 9 heteroatoms. The molecule has 1 N–H and O–H groups in total.